The molecule has 0 spiro atoms. The molecular weight excluding hydrogens is 290 g/mol. The summed E-state index contributed by atoms with van der Waals surface area (Å²) < 4.78 is 0. The fourth-order valence-electron chi connectivity index (χ4n) is 1.92. The summed E-state index contributed by atoms with van der Waals surface area (Å²) in [6.45, 7) is 9.56. The first-order chi connectivity index (χ1) is 9.04. The molecule has 0 saturated carbocycles. The van der Waals surface area contributed by atoms with Crippen LogP contribution in [0.15, 0.2) is 29.2 Å². The number of nitrogens with one attached hydrogen (secondary N) is 1. The summed E-state index contributed by atoms with van der Waals surface area (Å²) in [7, 11) is 0. The maximum atomic E-state index is 10.3. The summed E-state index contributed by atoms with van der Waals surface area (Å²) in [4.78, 5) is 1.26. The average molecular weight is 318 g/mol. The normalized spacial score (nSPS) is 13.9. The van der Waals surface area contributed by atoms with Crippen LogP contribution in [-0.2, 0) is 0 Å². The van der Waals surface area contributed by atoms with Crippen LogP contribution in [0.3, 0.4) is 0 Å². The SMILES string of the molecule is CCCCNC(C)C(O)c1ccc(SC(C)C)cc1.Cl. The van der Waals surface area contributed by atoms with E-state index in [4.69, 9.17) is 0 Å². The van der Waals surface area contributed by atoms with Gasteiger partial charge in [0.1, 0.15) is 0 Å². The fourth-order valence-corrected chi connectivity index (χ4v) is 2.76. The molecular formula is C16H28ClNOS. The van der Waals surface area contributed by atoms with Crippen LogP contribution in [0.5, 0.6) is 0 Å². The summed E-state index contributed by atoms with van der Waals surface area (Å²) in [5.41, 5.74) is 0.990. The average Bonchev–Trinajstić information content (AvgIpc) is 2.38. The van der Waals surface area contributed by atoms with E-state index < -0.39 is 6.10 Å². The standard InChI is InChI=1S/C16H27NOS.ClH/c1-5-6-11-17-13(4)16(18)14-7-9-15(10-8-14)19-12(2)3;/h7-10,12-13,16-18H,5-6,11H2,1-4H3;1H. The smallest absolute Gasteiger partial charge is 0.0940 e. The van der Waals surface area contributed by atoms with Gasteiger partial charge in [-0.1, -0.05) is 39.3 Å². The molecule has 1 aromatic rings. The van der Waals surface area contributed by atoms with Crippen LogP contribution in [-0.4, -0.2) is 22.9 Å². The minimum atomic E-state index is -0.435. The summed E-state index contributed by atoms with van der Waals surface area (Å²) in [5.74, 6) is 0. The highest BCUT2D eigenvalue weighted by molar-refractivity contribution is 7.99. The van der Waals surface area contributed by atoms with Crippen LogP contribution in [0.2, 0.25) is 0 Å². The highest BCUT2D eigenvalue weighted by Crippen LogP contribution is 2.25. The largest absolute Gasteiger partial charge is 0.387 e. The third kappa shape index (κ3) is 6.98. The summed E-state index contributed by atoms with van der Waals surface area (Å²) in [6, 6.07) is 8.36. The van der Waals surface area contributed by atoms with Crippen LogP contribution in [0.25, 0.3) is 0 Å². The first kappa shape index (κ1) is 19.8. The Balaban J connectivity index is 0.00000361. The van der Waals surface area contributed by atoms with Gasteiger partial charge in [0.2, 0.25) is 0 Å². The molecule has 1 aromatic carbocycles. The molecule has 2 nitrogen and oxygen atoms in total. The van der Waals surface area contributed by atoms with Gasteiger partial charge in [-0.15, -0.1) is 24.2 Å². The molecule has 2 unspecified atom stereocenters. The van der Waals surface area contributed by atoms with Gasteiger partial charge in [0.05, 0.1) is 6.10 Å². The summed E-state index contributed by atoms with van der Waals surface area (Å²) in [5, 5.41) is 14.3. The van der Waals surface area contributed by atoms with E-state index in [2.05, 4.69) is 38.2 Å². The number of aliphatic hydroxyl groups excluding tert-OH is 1. The van der Waals surface area contributed by atoms with Gasteiger partial charge >= 0.3 is 0 Å². The highest BCUT2D eigenvalue weighted by atomic mass is 35.5. The number of hydrogen-bond acceptors (Lipinski definition) is 3. The molecule has 20 heavy (non-hydrogen) atoms. The van der Waals surface area contributed by atoms with E-state index in [1.165, 1.54) is 11.3 Å². The van der Waals surface area contributed by atoms with E-state index in [9.17, 15) is 5.11 Å². The Labute approximate surface area is 134 Å². The predicted molar refractivity (Wildman–Crippen MR) is 92.0 cm³/mol. The zero-order valence-electron chi connectivity index (χ0n) is 12.9. The van der Waals surface area contributed by atoms with Crippen molar-refractivity contribution in [2.75, 3.05) is 6.54 Å². The van der Waals surface area contributed by atoms with Crippen molar-refractivity contribution in [1.82, 2.24) is 5.32 Å². The maximum Gasteiger partial charge on any atom is 0.0940 e. The Hall–Kier alpha value is -0.220. The first-order valence-corrected chi connectivity index (χ1v) is 8.10. The maximum absolute atomic E-state index is 10.3. The molecule has 0 heterocycles. The molecule has 0 aliphatic rings. The fraction of sp³-hybridized carbons (Fsp3) is 0.625. The molecule has 0 radical (unpaired) electrons. The molecule has 2 N–H and O–H groups in total. The number of aliphatic hydroxyl groups is 1. The second-order valence-corrected chi connectivity index (χ2v) is 6.93. The second kappa shape index (κ2) is 10.5. The van der Waals surface area contributed by atoms with Crippen LogP contribution >= 0.6 is 24.2 Å². The molecule has 0 aromatic heterocycles. The van der Waals surface area contributed by atoms with E-state index in [1.54, 1.807) is 0 Å². The quantitative estimate of drug-likeness (QED) is 0.550. The van der Waals surface area contributed by atoms with Gasteiger partial charge < -0.3 is 10.4 Å². The Morgan fingerprint density at radius 2 is 1.75 bits per heavy atom. The van der Waals surface area contributed by atoms with Crippen molar-refractivity contribution in [2.45, 2.75) is 62.8 Å². The minimum Gasteiger partial charge on any atom is -0.387 e. The van der Waals surface area contributed by atoms with E-state index in [1.807, 2.05) is 30.8 Å². The molecule has 1 rings (SSSR count). The topological polar surface area (TPSA) is 32.3 Å². The Kier molecular flexibility index (Phi) is 10.4. The van der Waals surface area contributed by atoms with Crippen LogP contribution in [0.4, 0.5) is 0 Å². The van der Waals surface area contributed by atoms with Crippen LogP contribution in [0.1, 0.15) is 52.2 Å². The lowest BCUT2D eigenvalue weighted by molar-refractivity contribution is 0.136. The van der Waals surface area contributed by atoms with Crippen molar-refractivity contribution in [1.29, 1.82) is 0 Å². The monoisotopic (exact) mass is 317 g/mol. The molecule has 0 aliphatic carbocycles. The van der Waals surface area contributed by atoms with Crippen molar-refractivity contribution in [2.24, 2.45) is 0 Å². The molecule has 0 fully saturated rings. The third-order valence-electron chi connectivity index (χ3n) is 3.06. The summed E-state index contributed by atoms with van der Waals surface area (Å²) in [6.07, 6.45) is 1.90. The van der Waals surface area contributed by atoms with Gasteiger partial charge in [-0.3, -0.25) is 0 Å². The molecule has 4 heteroatoms. The Morgan fingerprint density at radius 1 is 1.15 bits per heavy atom. The van der Waals surface area contributed by atoms with Gasteiger partial charge in [-0.05, 0) is 37.6 Å². The predicted octanol–water partition coefficient (Wildman–Crippen LogP) is 4.42. The van der Waals surface area contributed by atoms with Crippen molar-refractivity contribution in [3.63, 3.8) is 0 Å². The molecule has 0 aliphatic heterocycles. The van der Waals surface area contributed by atoms with Crippen molar-refractivity contribution in [3.05, 3.63) is 29.8 Å². The van der Waals surface area contributed by atoms with Crippen molar-refractivity contribution < 1.29 is 5.11 Å². The number of hydrogen-bond donors (Lipinski definition) is 2. The summed E-state index contributed by atoms with van der Waals surface area (Å²) >= 11 is 1.85. The van der Waals surface area contributed by atoms with E-state index in [-0.39, 0.29) is 18.4 Å². The number of unbranched alkanes of at least 4 members (excludes halogenated alkanes) is 1. The van der Waals surface area contributed by atoms with Gasteiger partial charge in [0.25, 0.3) is 0 Å². The van der Waals surface area contributed by atoms with E-state index >= 15 is 0 Å². The minimum absolute atomic E-state index is 0. The van der Waals surface area contributed by atoms with Crippen LogP contribution < -0.4 is 5.32 Å². The van der Waals surface area contributed by atoms with E-state index in [0.717, 1.165) is 18.5 Å². The van der Waals surface area contributed by atoms with Gasteiger partial charge in [0.15, 0.2) is 0 Å². The van der Waals surface area contributed by atoms with Gasteiger partial charge in [-0.2, -0.15) is 0 Å². The number of benzene rings is 1. The lowest BCUT2D eigenvalue weighted by Gasteiger charge is -2.21. The molecule has 2 atom stereocenters. The van der Waals surface area contributed by atoms with Gasteiger partial charge in [-0.25, -0.2) is 0 Å². The molecule has 0 amide bonds. The lowest BCUT2D eigenvalue weighted by Crippen LogP contribution is -2.32. The van der Waals surface area contributed by atoms with E-state index in [0.29, 0.717) is 5.25 Å². The Morgan fingerprint density at radius 3 is 2.25 bits per heavy atom. The molecule has 116 valence electrons. The van der Waals surface area contributed by atoms with Crippen molar-refractivity contribution >= 4 is 24.2 Å². The molecule has 0 saturated heterocycles. The molecule has 0 bridgehead atoms. The third-order valence-corrected chi connectivity index (χ3v) is 4.08. The number of thioether (sulfide) groups is 1. The van der Waals surface area contributed by atoms with Crippen molar-refractivity contribution in [3.8, 4) is 0 Å². The van der Waals surface area contributed by atoms with Crippen LogP contribution in [0, 0.1) is 0 Å². The van der Waals surface area contributed by atoms with Gasteiger partial charge in [0, 0.05) is 16.2 Å². The number of rotatable bonds is 8. The lowest BCUT2D eigenvalue weighted by atomic mass is 10.0. The number of halogens is 1. The second-order valence-electron chi connectivity index (χ2n) is 5.28. The zero-order chi connectivity index (χ0) is 14.3. The first-order valence-electron chi connectivity index (χ1n) is 7.22. The zero-order valence-corrected chi connectivity index (χ0v) is 14.6. The Bertz CT molecular complexity index is 356. The highest BCUT2D eigenvalue weighted by Gasteiger charge is 2.15.